The normalized spacial score (nSPS) is 26.9. The number of methoxy groups -OCH3 is 1. The highest BCUT2D eigenvalue weighted by Gasteiger charge is 2.37. The molecular formula is C25H42N6O2. The summed E-state index contributed by atoms with van der Waals surface area (Å²) in [5.41, 5.74) is 3.49. The maximum atomic E-state index is 13.1. The second-order valence-electron chi connectivity index (χ2n) is 9.75. The number of fused-ring (bicyclic) bond motifs is 1. The van der Waals surface area contributed by atoms with Gasteiger partial charge in [-0.25, -0.2) is 4.79 Å². The molecule has 3 unspecified atom stereocenters. The Morgan fingerprint density at radius 2 is 2.00 bits per heavy atom. The summed E-state index contributed by atoms with van der Waals surface area (Å²) < 4.78 is 5.20. The van der Waals surface area contributed by atoms with Crippen molar-refractivity contribution in [1.29, 1.82) is 0 Å². The number of nitrogens with zero attached hydrogens (tertiary/aromatic N) is 1. The van der Waals surface area contributed by atoms with E-state index < -0.39 is 0 Å². The number of rotatable bonds is 7. The Hall–Kier alpha value is -1.71. The van der Waals surface area contributed by atoms with Gasteiger partial charge in [0.05, 0.1) is 12.8 Å². The van der Waals surface area contributed by atoms with Crippen LogP contribution >= 0.6 is 0 Å². The Kier molecular flexibility index (Phi) is 8.97. The van der Waals surface area contributed by atoms with Gasteiger partial charge in [0.15, 0.2) is 0 Å². The van der Waals surface area contributed by atoms with Gasteiger partial charge in [-0.2, -0.15) is 0 Å². The molecule has 2 heterocycles. The Morgan fingerprint density at radius 1 is 1.18 bits per heavy atom. The van der Waals surface area contributed by atoms with Crippen LogP contribution in [-0.2, 0) is 17.7 Å². The first kappa shape index (κ1) is 24.4. The SMILES string of the molecule is COCCNC1CC(C)N(C2CCCCCC2)C(NC(=O)Nc2ccc3c(c2)CCNC3)N1. The van der Waals surface area contributed by atoms with Gasteiger partial charge in [-0.05, 0) is 62.4 Å². The number of hydrogen-bond acceptors (Lipinski definition) is 6. The van der Waals surface area contributed by atoms with E-state index in [4.69, 9.17) is 4.74 Å². The molecule has 8 heteroatoms. The fourth-order valence-electron chi connectivity index (χ4n) is 5.63. The van der Waals surface area contributed by atoms with E-state index in [1.807, 2.05) is 6.07 Å². The summed E-state index contributed by atoms with van der Waals surface area (Å²) >= 11 is 0. The average molecular weight is 459 g/mol. The van der Waals surface area contributed by atoms with Crippen molar-refractivity contribution in [2.75, 3.05) is 32.1 Å². The fraction of sp³-hybridized carbons (Fsp3) is 0.720. The third kappa shape index (κ3) is 6.67. The molecule has 5 N–H and O–H groups in total. The zero-order valence-corrected chi connectivity index (χ0v) is 20.3. The predicted octanol–water partition coefficient (Wildman–Crippen LogP) is 2.71. The first-order chi connectivity index (χ1) is 16.1. The summed E-state index contributed by atoms with van der Waals surface area (Å²) in [6, 6.07) is 6.94. The minimum absolute atomic E-state index is 0.138. The number of hydrogen-bond donors (Lipinski definition) is 5. The van der Waals surface area contributed by atoms with Gasteiger partial charge in [-0.1, -0.05) is 31.7 Å². The van der Waals surface area contributed by atoms with E-state index in [0.29, 0.717) is 18.7 Å². The van der Waals surface area contributed by atoms with Crippen molar-refractivity contribution in [1.82, 2.24) is 26.2 Å². The lowest BCUT2D eigenvalue weighted by Crippen LogP contribution is -2.71. The second-order valence-corrected chi connectivity index (χ2v) is 9.75. The topological polar surface area (TPSA) is 89.7 Å². The molecule has 1 saturated carbocycles. The van der Waals surface area contributed by atoms with Crippen LogP contribution in [0.25, 0.3) is 0 Å². The first-order valence-electron chi connectivity index (χ1n) is 12.8. The number of carbonyl (C=O) groups is 1. The summed E-state index contributed by atoms with van der Waals surface area (Å²) in [5, 5.41) is 16.9. The van der Waals surface area contributed by atoms with Gasteiger partial charge >= 0.3 is 6.03 Å². The molecule has 1 saturated heterocycles. The molecule has 4 rings (SSSR count). The highest BCUT2D eigenvalue weighted by atomic mass is 16.5. The second kappa shape index (κ2) is 12.1. The molecule has 8 nitrogen and oxygen atoms in total. The van der Waals surface area contributed by atoms with E-state index in [2.05, 4.69) is 50.5 Å². The monoisotopic (exact) mass is 458 g/mol. The molecule has 1 aromatic carbocycles. The van der Waals surface area contributed by atoms with E-state index in [0.717, 1.165) is 38.2 Å². The van der Waals surface area contributed by atoms with E-state index in [9.17, 15) is 4.79 Å². The summed E-state index contributed by atoms with van der Waals surface area (Å²) in [4.78, 5) is 15.6. The largest absolute Gasteiger partial charge is 0.383 e. The third-order valence-electron chi connectivity index (χ3n) is 7.30. The van der Waals surface area contributed by atoms with Gasteiger partial charge in [0.25, 0.3) is 0 Å². The molecule has 0 bridgehead atoms. The van der Waals surface area contributed by atoms with Crippen molar-refractivity contribution in [2.24, 2.45) is 0 Å². The molecule has 0 radical (unpaired) electrons. The maximum Gasteiger partial charge on any atom is 0.321 e. The first-order valence-corrected chi connectivity index (χ1v) is 12.8. The molecule has 2 fully saturated rings. The van der Waals surface area contributed by atoms with Crippen LogP contribution in [0.4, 0.5) is 10.5 Å². The van der Waals surface area contributed by atoms with Gasteiger partial charge in [0.1, 0.15) is 6.29 Å². The van der Waals surface area contributed by atoms with Crippen molar-refractivity contribution in [3.8, 4) is 0 Å². The van der Waals surface area contributed by atoms with Gasteiger partial charge in [-0.15, -0.1) is 0 Å². The number of benzene rings is 1. The average Bonchev–Trinajstić information content (AvgIpc) is 3.08. The highest BCUT2D eigenvalue weighted by Crippen LogP contribution is 2.28. The van der Waals surface area contributed by atoms with Crippen molar-refractivity contribution in [3.05, 3.63) is 29.3 Å². The van der Waals surface area contributed by atoms with Crippen LogP contribution in [0.2, 0.25) is 0 Å². The quantitative estimate of drug-likeness (QED) is 0.319. The zero-order chi connectivity index (χ0) is 23.0. The van der Waals surface area contributed by atoms with Crippen LogP contribution in [0.15, 0.2) is 18.2 Å². The number of urea groups is 1. The minimum atomic E-state index is -0.210. The summed E-state index contributed by atoms with van der Waals surface area (Å²) in [6.45, 7) is 5.64. The molecule has 0 aromatic heterocycles. The number of anilines is 1. The zero-order valence-electron chi connectivity index (χ0n) is 20.3. The van der Waals surface area contributed by atoms with E-state index in [1.54, 1.807) is 7.11 Å². The van der Waals surface area contributed by atoms with Gasteiger partial charge < -0.3 is 20.7 Å². The number of carbonyl (C=O) groups excluding carboxylic acids is 1. The van der Waals surface area contributed by atoms with Gasteiger partial charge in [-0.3, -0.25) is 15.5 Å². The van der Waals surface area contributed by atoms with E-state index in [1.165, 1.54) is 49.7 Å². The van der Waals surface area contributed by atoms with Crippen LogP contribution in [0.3, 0.4) is 0 Å². The molecule has 2 aliphatic heterocycles. The van der Waals surface area contributed by atoms with Crippen LogP contribution in [0, 0.1) is 0 Å². The molecular weight excluding hydrogens is 416 g/mol. The number of amides is 2. The van der Waals surface area contributed by atoms with Crippen molar-refractivity contribution >= 4 is 11.7 Å². The smallest absolute Gasteiger partial charge is 0.321 e. The highest BCUT2D eigenvalue weighted by molar-refractivity contribution is 5.89. The summed E-state index contributed by atoms with van der Waals surface area (Å²) in [6.07, 6.45) is 9.51. The van der Waals surface area contributed by atoms with Gasteiger partial charge in [0.2, 0.25) is 0 Å². The summed E-state index contributed by atoms with van der Waals surface area (Å²) in [7, 11) is 1.72. The predicted molar refractivity (Wildman–Crippen MR) is 132 cm³/mol. The molecule has 2 amide bonds. The fourth-order valence-corrected chi connectivity index (χ4v) is 5.63. The molecule has 1 aromatic rings. The Bertz CT molecular complexity index is 767. The van der Waals surface area contributed by atoms with Crippen molar-refractivity contribution in [3.63, 3.8) is 0 Å². The Morgan fingerprint density at radius 3 is 2.79 bits per heavy atom. The Labute approximate surface area is 198 Å². The summed E-state index contributed by atoms with van der Waals surface area (Å²) in [5.74, 6) is 0. The number of ether oxygens (including phenoxy) is 1. The lowest BCUT2D eigenvalue weighted by molar-refractivity contribution is -0.00784. The number of nitrogens with one attached hydrogen (secondary N) is 5. The van der Waals surface area contributed by atoms with Crippen molar-refractivity contribution < 1.29 is 9.53 Å². The molecule has 1 aliphatic carbocycles. The van der Waals surface area contributed by atoms with E-state index in [-0.39, 0.29) is 18.5 Å². The molecule has 33 heavy (non-hydrogen) atoms. The standard InChI is InChI=1S/C25H42N6O2/c1-18-15-23(27-13-14-33-2)29-24(31(18)22-7-5-3-4-6-8-22)30-25(32)28-21-10-9-20-17-26-12-11-19(20)16-21/h9-10,16,18,22-24,26-27,29H,3-8,11-15,17H2,1-2H3,(H2,28,30,32). The Balaban J connectivity index is 1.43. The maximum absolute atomic E-state index is 13.1. The third-order valence-corrected chi connectivity index (χ3v) is 7.30. The van der Waals surface area contributed by atoms with Crippen molar-refractivity contribution in [2.45, 2.75) is 89.4 Å². The molecule has 3 aliphatic rings. The van der Waals surface area contributed by atoms with Crippen LogP contribution < -0.4 is 26.6 Å². The van der Waals surface area contributed by atoms with Crippen LogP contribution in [0.1, 0.15) is 63.0 Å². The van der Waals surface area contributed by atoms with Crippen LogP contribution in [0.5, 0.6) is 0 Å². The molecule has 0 spiro atoms. The lowest BCUT2D eigenvalue weighted by Gasteiger charge is -2.48. The van der Waals surface area contributed by atoms with Crippen LogP contribution in [-0.4, -0.2) is 62.3 Å². The molecule has 184 valence electrons. The lowest BCUT2D eigenvalue weighted by atomic mass is 10.0. The van der Waals surface area contributed by atoms with Gasteiger partial charge in [0, 0.05) is 38.0 Å². The molecule has 3 atom stereocenters. The van der Waals surface area contributed by atoms with E-state index >= 15 is 0 Å². The minimum Gasteiger partial charge on any atom is -0.383 e.